The standard InChI is InChI=1S/C35H30Cl4F2N2O5S2/c1-23(19-42(21-25-6-10-30(40)11-7-25)49(45,46)32-15-27(36)14-28(37)16-32)4-3-5-24(2)20-43(22-26-8-12-31(41)13-9-26)50(47,48)34-18-29(38)17-33(39)35(34)44/h3-18,44H,1,19-22H2,2H3/b4-3-,24-5+. The molecule has 0 heterocycles. The Morgan fingerprint density at radius 3 is 1.74 bits per heavy atom. The second kappa shape index (κ2) is 16.8. The van der Waals surface area contributed by atoms with Crippen molar-refractivity contribution in [2.75, 3.05) is 13.1 Å². The van der Waals surface area contributed by atoms with E-state index in [0.717, 1.165) is 14.7 Å². The van der Waals surface area contributed by atoms with Crippen LogP contribution in [-0.2, 0) is 33.1 Å². The summed E-state index contributed by atoms with van der Waals surface area (Å²) in [6.45, 7) is 5.02. The smallest absolute Gasteiger partial charge is 0.247 e. The first-order valence-electron chi connectivity index (χ1n) is 14.6. The van der Waals surface area contributed by atoms with Crippen LogP contribution in [0.25, 0.3) is 0 Å². The van der Waals surface area contributed by atoms with Gasteiger partial charge in [0, 0.05) is 41.2 Å². The third kappa shape index (κ3) is 10.4. The minimum absolute atomic E-state index is 0.00392. The summed E-state index contributed by atoms with van der Waals surface area (Å²) in [7, 11) is -8.56. The fraction of sp³-hybridized carbons (Fsp3) is 0.143. The molecule has 15 heteroatoms. The predicted octanol–water partition coefficient (Wildman–Crippen LogP) is 9.42. The van der Waals surface area contributed by atoms with Crippen molar-refractivity contribution in [1.29, 1.82) is 0 Å². The molecule has 0 fully saturated rings. The maximum Gasteiger partial charge on any atom is 0.247 e. The van der Waals surface area contributed by atoms with Crippen molar-refractivity contribution in [3.05, 3.63) is 158 Å². The van der Waals surface area contributed by atoms with Crippen LogP contribution in [0.3, 0.4) is 0 Å². The summed E-state index contributed by atoms with van der Waals surface area (Å²) in [4.78, 5) is -0.642. The van der Waals surface area contributed by atoms with E-state index in [4.69, 9.17) is 46.4 Å². The van der Waals surface area contributed by atoms with Gasteiger partial charge in [0.2, 0.25) is 20.0 Å². The Kier molecular flexibility index (Phi) is 13.3. The van der Waals surface area contributed by atoms with E-state index in [2.05, 4.69) is 6.58 Å². The molecule has 0 saturated heterocycles. The number of phenolic OH excluding ortho intramolecular Hbond substituents is 1. The van der Waals surface area contributed by atoms with Crippen LogP contribution in [0.15, 0.2) is 125 Å². The van der Waals surface area contributed by atoms with Crippen molar-refractivity contribution in [3.63, 3.8) is 0 Å². The molecule has 0 atom stereocenters. The second-order valence-electron chi connectivity index (χ2n) is 11.2. The highest BCUT2D eigenvalue weighted by atomic mass is 35.5. The minimum Gasteiger partial charge on any atom is -0.505 e. The zero-order chi connectivity index (χ0) is 36.8. The molecular weight excluding hydrogens is 772 g/mol. The number of sulfonamides is 2. The summed E-state index contributed by atoms with van der Waals surface area (Å²) in [6, 6.07) is 16.9. The summed E-state index contributed by atoms with van der Waals surface area (Å²) >= 11 is 24.3. The van der Waals surface area contributed by atoms with Crippen LogP contribution in [0.5, 0.6) is 5.75 Å². The zero-order valence-corrected chi connectivity index (χ0v) is 31.0. The molecule has 0 spiro atoms. The number of hydrogen-bond acceptors (Lipinski definition) is 5. The Bertz CT molecular complexity index is 2140. The Labute approximate surface area is 310 Å². The van der Waals surface area contributed by atoms with Crippen molar-refractivity contribution in [2.45, 2.75) is 29.8 Å². The van der Waals surface area contributed by atoms with Gasteiger partial charge in [0.1, 0.15) is 16.5 Å². The number of hydrogen-bond donors (Lipinski definition) is 1. The minimum atomic E-state index is -4.40. The lowest BCUT2D eigenvalue weighted by atomic mass is 10.2. The summed E-state index contributed by atoms with van der Waals surface area (Å²) in [6.07, 6.45) is 4.74. The quantitative estimate of drug-likeness (QED) is 0.128. The van der Waals surface area contributed by atoms with Gasteiger partial charge in [0.05, 0.1) is 9.92 Å². The van der Waals surface area contributed by atoms with Crippen molar-refractivity contribution < 1.29 is 30.7 Å². The largest absolute Gasteiger partial charge is 0.505 e. The van der Waals surface area contributed by atoms with Crippen molar-refractivity contribution in [1.82, 2.24) is 8.61 Å². The van der Waals surface area contributed by atoms with Gasteiger partial charge in [0.15, 0.2) is 5.75 Å². The zero-order valence-electron chi connectivity index (χ0n) is 26.3. The summed E-state index contributed by atoms with van der Waals surface area (Å²) in [5, 5.41) is 10.5. The topological polar surface area (TPSA) is 95.0 Å². The summed E-state index contributed by atoms with van der Waals surface area (Å²) < 4.78 is 84.4. The lowest BCUT2D eigenvalue weighted by Gasteiger charge is -2.24. The molecule has 50 heavy (non-hydrogen) atoms. The normalized spacial score (nSPS) is 12.7. The van der Waals surface area contributed by atoms with E-state index in [-0.39, 0.29) is 51.2 Å². The Morgan fingerprint density at radius 2 is 1.22 bits per heavy atom. The predicted molar refractivity (Wildman–Crippen MR) is 195 cm³/mol. The number of aromatic hydroxyl groups is 1. The Hall–Kier alpha value is -3.26. The highest BCUT2D eigenvalue weighted by Crippen LogP contribution is 2.36. The molecular formula is C35H30Cl4F2N2O5S2. The molecule has 0 aliphatic heterocycles. The lowest BCUT2D eigenvalue weighted by Crippen LogP contribution is -2.32. The second-order valence-corrected chi connectivity index (χ2v) is 16.7. The molecule has 4 aromatic rings. The first kappa shape index (κ1) is 39.5. The molecule has 7 nitrogen and oxygen atoms in total. The molecule has 1 N–H and O–H groups in total. The summed E-state index contributed by atoms with van der Waals surface area (Å²) in [5.74, 6) is -1.64. The van der Waals surface area contributed by atoms with Crippen LogP contribution < -0.4 is 0 Å². The third-order valence-corrected chi connectivity index (χ3v) is 11.7. The maximum absolute atomic E-state index is 13.8. The molecule has 4 aromatic carbocycles. The van der Waals surface area contributed by atoms with E-state index in [1.165, 1.54) is 72.8 Å². The first-order chi connectivity index (χ1) is 23.4. The Morgan fingerprint density at radius 1 is 0.740 bits per heavy atom. The van der Waals surface area contributed by atoms with E-state index in [9.17, 15) is 30.7 Å². The molecule has 0 aliphatic rings. The van der Waals surface area contributed by atoms with Gasteiger partial charge in [0.25, 0.3) is 0 Å². The monoisotopic (exact) mass is 800 g/mol. The first-order valence-corrected chi connectivity index (χ1v) is 19.0. The van der Waals surface area contributed by atoms with Gasteiger partial charge >= 0.3 is 0 Å². The van der Waals surface area contributed by atoms with Gasteiger partial charge in [-0.1, -0.05) is 101 Å². The molecule has 0 radical (unpaired) electrons. The molecule has 264 valence electrons. The van der Waals surface area contributed by atoms with Gasteiger partial charge in [-0.25, -0.2) is 25.6 Å². The average Bonchev–Trinajstić information content (AvgIpc) is 3.03. The van der Waals surface area contributed by atoms with Gasteiger partial charge in [-0.15, -0.1) is 0 Å². The van der Waals surface area contributed by atoms with E-state index < -0.39 is 42.3 Å². The van der Waals surface area contributed by atoms with Crippen LogP contribution in [0.4, 0.5) is 8.78 Å². The number of allylic oxidation sites excluding steroid dienone is 2. The number of benzene rings is 4. The SMILES string of the molecule is C=C(/C=C\C=C(/C)CN(Cc1ccc(F)cc1)S(=O)(=O)c1cc(Cl)cc(Cl)c1O)CN(Cc1ccc(F)cc1)S(=O)(=O)c1cc(Cl)cc(Cl)c1. The van der Waals surface area contributed by atoms with Crippen LogP contribution in [0.1, 0.15) is 18.1 Å². The van der Waals surface area contributed by atoms with Crippen LogP contribution >= 0.6 is 46.4 Å². The maximum atomic E-state index is 13.8. The third-order valence-electron chi connectivity index (χ3n) is 7.15. The molecule has 0 aliphatic carbocycles. The fourth-order valence-corrected chi connectivity index (χ4v) is 9.08. The average molecular weight is 803 g/mol. The van der Waals surface area contributed by atoms with E-state index in [1.54, 1.807) is 25.2 Å². The highest BCUT2D eigenvalue weighted by molar-refractivity contribution is 7.89. The highest BCUT2D eigenvalue weighted by Gasteiger charge is 2.30. The van der Waals surface area contributed by atoms with Gasteiger partial charge in [-0.2, -0.15) is 8.61 Å². The van der Waals surface area contributed by atoms with Crippen LogP contribution in [0, 0.1) is 11.6 Å². The van der Waals surface area contributed by atoms with Gasteiger partial charge < -0.3 is 5.11 Å². The number of rotatable bonds is 14. The number of halogens is 6. The number of phenols is 1. The van der Waals surface area contributed by atoms with Gasteiger partial charge in [-0.05, 0) is 78.2 Å². The van der Waals surface area contributed by atoms with Crippen LogP contribution in [-0.4, -0.2) is 43.6 Å². The van der Waals surface area contributed by atoms with E-state index in [0.29, 0.717) is 22.3 Å². The van der Waals surface area contributed by atoms with E-state index >= 15 is 0 Å². The fourth-order valence-electron chi connectivity index (χ4n) is 4.70. The molecule has 4 rings (SSSR count). The van der Waals surface area contributed by atoms with E-state index in [1.807, 2.05) is 0 Å². The molecule has 0 amide bonds. The molecule has 0 saturated carbocycles. The Balaban J connectivity index is 1.59. The molecule has 0 aromatic heterocycles. The van der Waals surface area contributed by atoms with Crippen molar-refractivity contribution in [2.24, 2.45) is 0 Å². The van der Waals surface area contributed by atoms with Gasteiger partial charge in [-0.3, -0.25) is 0 Å². The van der Waals surface area contributed by atoms with Crippen LogP contribution in [0.2, 0.25) is 20.1 Å². The summed E-state index contributed by atoms with van der Waals surface area (Å²) in [5.41, 5.74) is 1.90. The molecule has 0 bridgehead atoms. The molecule has 0 unspecified atom stereocenters. The van der Waals surface area contributed by atoms with Crippen molar-refractivity contribution >= 4 is 66.5 Å². The number of nitrogens with zero attached hydrogens (tertiary/aromatic N) is 2. The van der Waals surface area contributed by atoms with Crippen molar-refractivity contribution in [3.8, 4) is 5.75 Å². The lowest BCUT2D eigenvalue weighted by molar-refractivity contribution is 0.419.